The molecule has 2 N–H and O–H groups in total. The molecule has 5 unspecified atom stereocenters. The summed E-state index contributed by atoms with van der Waals surface area (Å²) in [6, 6.07) is 0.635. The van der Waals surface area contributed by atoms with Gasteiger partial charge in [0.1, 0.15) is 0 Å². The Morgan fingerprint density at radius 2 is 1.89 bits per heavy atom. The van der Waals surface area contributed by atoms with E-state index in [1.165, 1.54) is 19.3 Å². The third kappa shape index (κ3) is 3.50. The minimum atomic E-state index is 0.243. The maximum Gasteiger partial charge on any atom is 0.223 e. The smallest absolute Gasteiger partial charge is 0.223 e. The topological polar surface area (TPSA) is 46.3 Å². The van der Waals surface area contributed by atoms with E-state index in [4.69, 9.17) is 5.73 Å². The lowest BCUT2D eigenvalue weighted by atomic mass is 9.81. The predicted octanol–water partition coefficient (Wildman–Crippen LogP) is 2.79. The van der Waals surface area contributed by atoms with Crippen molar-refractivity contribution in [3.8, 4) is 0 Å². The minimum Gasteiger partial charge on any atom is -0.339 e. The van der Waals surface area contributed by atoms with E-state index in [0.29, 0.717) is 36.1 Å². The molecule has 0 aromatic carbocycles. The van der Waals surface area contributed by atoms with E-state index in [1.54, 1.807) is 0 Å². The number of carbonyl (C=O) groups excluding carboxylic acids is 1. The molecule has 1 heterocycles. The van der Waals surface area contributed by atoms with E-state index in [9.17, 15) is 4.79 Å². The Labute approximate surface area is 117 Å². The average molecular weight is 266 g/mol. The van der Waals surface area contributed by atoms with Crippen LogP contribution in [0.3, 0.4) is 0 Å². The van der Waals surface area contributed by atoms with Gasteiger partial charge in [-0.1, -0.05) is 26.7 Å². The second-order valence-corrected chi connectivity index (χ2v) is 7.02. The number of likely N-dealkylation sites (tertiary alicyclic amines) is 1. The summed E-state index contributed by atoms with van der Waals surface area (Å²) in [7, 11) is 0. The van der Waals surface area contributed by atoms with E-state index in [2.05, 4.69) is 25.7 Å². The molecule has 2 aliphatic rings. The molecule has 0 aromatic rings. The van der Waals surface area contributed by atoms with Gasteiger partial charge < -0.3 is 10.6 Å². The van der Waals surface area contributed by atoms with Gasteiger partial charge in [0.2, 0.25) is 5.91 Å². The molecule has 1 saturated carbocycles. The largest absolute Gasteiger partial charge is 0.339 e. The molecule has 0 radical (unpaired) electrons. The molecule has 1 amide bonds. The molecule has 3 heteroatoms. The zero-order valence-electron chi connectivity index (χ0n) is 12.8. The van der Waals surface area contributed by atoms with E-state index in [0.717, 1.165) is 19.4 Å². The highest BCUT2D eigenvalue weighted by Gasteiger charge is 2.33. The summed E-state index contributed by atoms with van der Waals surface area (Å²) < 4.78 is 0. The van der Waals surface area contributed by atoms with E-state index in [1.807, 2.05) is 0 Å². The van der Waals surface area contributed by atoms with E-state index in [-0.39, 0.29) is 6.04 Å². The monoisotopic (exact) mass is 266 g/mol. The Morgan fingerprint density at radius 3 is 2.58 bits per heavy atom. The number of nitrogens with two attached hydrogens (primary N) is 1. The first-order chi connectivity index (χ1) is 8.99. The molecule has 0 aromatic heterocycles. The van der Waals surface area contributed by atoms with Crippen molar-refractivity contribution in [1.29, 1.82) is 0 Å². The summed E-state index contributed by atoms with van der Waals surface area (Å²) in [6.45, 7) is 7.67. The van der Waals surface area contributed by atoms with Gasteiger partial charge >= 0.3 is 0 Å². The lowest BCUT2D eigenvalue weighted by molar-refractivity contribution is -0.138. The first kappa shape index (κ1) is 14.8. The van der Waals surface area contributed by atoms with Gasteiger partial charge in [-0.2, -0.15) is 0 Å². The van der Waals surface area contributed by atoms with Gasteiger partial charge in [-0.3, -0.25) is 4.79 Å². The number of amides is 1. The summed E-state index contributed by atoms with van der Waals surface area (Å²) in [5.74, 6) is 2.01. The number of hydrogen-bond donors (Lipinski definition) is 1. The van der Waals surface area contributed by atoms with Crippen molar-refractivity contribution in [3.63, 3.8) is 0 Å². The zero-order chi connectivity index (χ0) is 14.0. The molecular weight excluding hydrogens is 236 g/mol. The molecule has 0 spiro atoms. The maximum atomic E-state index is 12.6. The Kier molecular flexibility index (Phi) is 4.88. The van der Waals surface area contributed by atoms with Crippen molar-refractivity contribution in [3.05, 3.63) is 0 Å². The van der Waals surface area contributed by atoms with Crippen LogP contribution in [0.2, 0.25) is 0 Å². The highest BCUT2D eigenvalue weighted by molar-refractivity contribution is 5.77. The van der Waals surface area contributed by atoms with Crippen LogP contribution in [0.5, 0.6) is 0 Å². The molecule has 0 bridgehead atoms. The van der Waals surface area contributed by atoms with Crippen molar-refractivity contribution in [2.45, 2.75) is 71.4 Å². The lowest BCUT2D eigenvalue weighted by Crippen LogP contribution is -2.50. The Hall–Kier alpha value is -0.570. The standard InChI is InChI=1S/C16H30N2O/c1-11-8-12(2)13(3)18(10-11)16(19)9-14-6-4-5-7-15(14)17/h11-15H,4-10,17H2,1-3H3. The second-order valence-electron chi connectivity index (χ2n) is 7.02. The second kappa shape index (κ2) is 6.25. The quantitative estimate of drug-likeness (QED) is 0.835. The van der Waals surface area contributed by atoms with Gasteiger partial charge in [-0.15, -0.1) is 0 Å². The van der Waals surface area contributed by atoms with E-state index >= 15 is 0 Å². The third-order valence-electron chi connectivity index (χ3n) is 5.32. The highest BCUT2D eigenvalue weighted by Crippen LogP contribution is 2.30. The van der Waals surface area contributed by atoms with Crippen molar-refractivity contribution in [2.24, 2.45) is 23.5 Å². The Balaban J connectivity index is 1.94. The van der Waals surface area contributed by atoms with Crippen LogP contribution in [-0.2, 0) is 4.79 Å². The van der Waals surface area contributed by atoms with Crippen LogP contribution in [-0.4, -0.2) is 29.4 Å². The van der Waals surface area contributed by atoms with E-state index < -0.39 is 0 Å². The lowest BCUT2D eigenvalue weighted by Gasteiger charge is -2.42. The Bertz CT molecular complexity index is 318. The fraction of sp³-hybridized carbons (Fsp3) is 0.938. The number of rotatable bonds is 2. The highest BCUT2D eigenvalue weighted by atomic mass is 16.2. The summed E-state index contributed by atoms with van der Waals surface area (Å²) in [4.78, 5) is 14.7. The third-order valence-corrected chi connectivity index (χ3v) is 5.32. The molecule has 1 aliphatic heterocycles. The van der Waals surface area contributed by atoms with Crippen LogP contribution < -0.4 is 5.73 Å². The number of nitrogens with zero attached hydrogens (tertiary/aromatic N) is 1. The van der Waals surface area contributed by atoms with Crippen LogP contribution in [0.25, 0.3) is 0 Å². The molecule has 5 atom stereocenters. The normalized spacial score (nSPS) is 40.2. The minimum absolute atomic E-state index is 0.243. The van der Waals surface area contributed by atoms with Gasteiger partial charge in [-0.25, -0.2) is 0 Å². The molecule has 1 saturated heterocycles. The summed E-state index contributed by atoms with van der Waals surface area (Å²) in [6.07, 6.45) is 6.63. The van der Waals surface area contributed by atoms with Gasteiger partial charge in [0.15, 0.2) is 0 Å². The van der Waals surface area contributed by atoms with Crippen molar-refractivity contribution < 1.29 is 4.79 Å². The van der Waals surface area contributed by atoms with Gasteiger partial charge in [0, 0.05) is 25.0 Å². The van der Waals surface area contributed by atoms with Crippen molar-refractivity contribution in [1.82, 2.24) is 4.90 Å². The molecule has 3 nitrogen and oxygen atoms in total. The molecular formula is C16H30N2O. The summed E-state index contributed by atoms with van der Waals surface area (Å²) >= 11 is 0. The van der Waals surface area contributed by atoms with Crippen LogP contribution >= 0.6 is 0 Å². The molecule has 1 aliphatic carbocycles. The number of piperidine rings is 1. The molecule has 19 heavy (non-hydrogen) atoms. The number of hydrogen-bond acceptors (Lipinski definition) is 2. The molecule has 2 fully saturated rings. The van der Waals surface area contributed by atoms with Crippen LogP contribution in [0.15, 0.2) is 0 Å². The SMILES string of the molecule is CC1CC(C)C(C)N(C(=O)CC2CCCCC2N)C1. The molecule has 110 valence electrons. The van der Waals surface area contributed by atoms with Crippen LogP contribution in [0, 0.1) is 17.8 Å². The fourth-order valence-electron chi connectivity index (χ4n) is 3.88. The Morgan fingerprint density at radius 1 is 1.21 bits per heavy atom. The van der Waals surface area contributed by atoms with Gasteiger partial charge in [-0.05, 0) is 43.9 Å². The average Bonchev–Trinajstić information content (AvgIpc) is 2.36. The number of carbonyl (C=O) groups is 1. The van der Waals surface area contributed by atoms with Crippen molar-refractivity contribution >= 4 is 5.91 Å². The maximum absolute atomic E-state index is 12.6. The van der Waals surface area contributed by atoms with Crippen LogP contribution in [0.4, 0.5) is 0 Å². The first-order valence-electron chi connectivity index (χ1n) is 8.04. The summed E-state index contributed by atoms with van der Waals surface area (Å²) in [5.41, 5.74) is 6.18. The van der Waals surface area contributed by atoms with Gasteiger partial charge in [0.05, 0.1) is 0 Å². The van der Waals surface area contributed by atoms with Crippen molar-refractivity contribution in [2.75, 3.05) is 6.54 Å². The first-order valence-corrected chi connectivity index (χ1v) is 8.04. The fourth-order valence-corrected chi connectivity index (χ4v) is 3.88. The molecule has 2 rings (SSSR count). The summed E-state index contributed by atoms with van der Waals surface area (Å²) in [5, 5.41) is 0. The zero-order valence-corrected chi connectivity index (χ0v) is 12.8. The predicted molar refractivity (Wildman–Crippen MR) is 78.7 cm³/mol. The van der Waals surface area contributed by atoms with Crippen LogP contribution in [0.1, 0.15) is 59.3 Å². The van der Waals surface area contributed by atoms with Gasteiger partial charge in [0.25, 0.3) is 0 Å².